The van der Waals surface area contributed by atoms with Crippen molar-refractivity contribution in [1.82, 2.24) is 15.6 Å². The van der Waals surface area contributed by atoms with Crippen LogP contribution in [-0.2, 0) is 22.5 Å². The number of hydrogen-bond acceptors (Lipinski definition) is 3. The third-order valence-corrected chi connectivity index (χ3v) is 5.44. The predicted octanol–water partition coefficient (Wildman–Crippen LogP) is 5.07. The van der Waals surface area contributed by atoms with Crippen LogP contribution >= 0.6 is 0 Å². The Labute approximate surface area is 193 Å². The van der Waals surface area contributed by atoms with Gasteiger partial charge in [-0.05, 0) is 48.7 Å². The third-order valence-electron chi connectivity index (χ3n) is 5.44. The number of amides is 2. The van der Waals surface area contributed by atoms with Crippen molar-refractivity contribution in [3.63, 3.8) is 0 Å². The van der Waals surface area contributed by atoms with Crippen LogP contribution in [-0.4, -0.2) is 28.6 Å². The van der Waals surface area contributed by atoms with E-state index in [1.807, 2.05) is 72.9 Å². The summed E-state index contributed by atoms with van der Waals surface area (Å²) < 4.78 is 5.41. The molecule has 0 aliphatic heterocycles. The molecule has 170 valence electrons. The van der Waals surface area contributed by atoms with E-state index in [1.165, 1.54) is 0 Å². The largest absolute Gasteiger partial charge is 0.444 e. The van der Waals surface area contributed by atoms with Gasteiger partial charge in [0.25, 0.3) is 0 Å². The highest BCUT2D eigenvalue weighted by Gasteiger charge is 2.25. The van der Waals surface area contributed by atoms with E-state index in [4.69, 9.17) is 4.74 Å². The molecule has 0 fully saturated rings. The van der Waals surface area contributed by atoms with Crippen molar-refractivity contribution >= 4 is 33.7 Å². The first-order valence-electron chi connectivity index (χ1n) is 11.1. The lowest BCUT2D eigenvalue weighted by Crippen LogP contribution is -2.49. The van der Waals surface area contributed by atoms with Gasteiger partial charge in [-0.2, -0.15) is 0 Å². The van der Waals surface area contributed by atoms with Gasteiger partial charge in [0.2, 0.25) is 5.91 Å². The van der Waals surface area contributed by atoms with Gasteiger partial charge < -0.3 is 20.4 Å². The fourth-order valence-electron chi connectivity index (χ4n) is 3.93. The first kappa shape index (κ1) is 22.4. The third kappa shape index (κ3) is 5.52. The zero-order valence-electron chi connectivity index (χ0n) is 19.1. The molecule has 1 aromatic heterocycles. The lowest BCUT2D eigenvalue weighted by atomic mass is 10.0. The number of benzene rings is 3. The second-order valence-electron chi connectivity index (χ2n) is 9.12. The van der Waals surface area contributed by atoms with Gasteiger partial charge in [-0.3, -0.25) is 4.79 Å². The molecule has 3 N–H and O–H groups in total. The first-order valence-corrected chi connectivity index (χ1v) is 11.1. The van der Waals surface area contributed by atoms with Crippen molar-refractivity contribution in [2.75, 3.05) is 0 Å². The predicted molar refractivity (Wildman–Crippen MR) is 131 cm³/mol. The van der Waals surface area contributed by atoms with Crippen molar-refractivity contribution in [2.45, 2.75) is 45.4 Å². The van der Waals surface area contributed by atoms with Crippen LogP contribution < -0.4 is 10.6 Å². The lowest BCUT2D eigenvalue weighted by Gasteiger charge is -2.23. The number of ether oxygens (including phenoxy) is 1. The number of H-pyrrole nitrogens is 1. The number of aromatic amines is 1. The molecule has 33 heavy (non-hydrogen) atoms. The molecule has 0 bridgehead atoms. The fourth-order valence-corrected chi connectivity index (χ4v) is 3.93. The Bertz CT molecular complexity index is 1280. The van der Waals surface area contributed by atoms with Crippen LogP contribution in [0, 0.1) is 0 Å². The Morgan fingerprint density at radius 3 is 2.39 bits per heavy atom. The Hall–Kier alpha value is -3.80. The standard InChI is InChI=1S/C27H29N3O3/c1-27(2,3)33-26(32)30-24(15-20-17-28-23-14-7-6-13-22(20)23)25(31)29-16-19-11-8-10-18-9-4-5-12-21(18)19/h4-14,17,24,28H,15-16H2,1-3H3,(H,29,31)(H,30,32)/t24-/m1/s1. The van der Waals surface area contributed by atoms with Crippen LogP contribution in [0.15, 0.2) is 72.9 Å². The van der Waals surface area contributed by atoms with Crippen LogP contribution in [0.3, 0.4) is 0 Å². The van der Waals surface area contributed by atoms with E-state index in [2.05, 4.69) is 15.6 Å². The molecule has 3 aromatic carbocycles. The molecule has 0 saturated heterocycles. The molecule has 0 saturated carbocycles. The molecule has 4 aromatic rings. The number of nitrogens with one attached hydrogen (secondary N) is 3. The van der Waals surface area contributed by atoms with Gasteiger partial charge in [-0.1, -0.05) is 60.7 Å². The van der Waals surface area contributed by atoms with E-state index in [9.17, 15) is 9.59 Å². The minimum absolute atomic E-state index is 0.265. The summed E-state index contributed by atoms with van der Waals surface area (Å²) in [5, 5.41) is 8.99. The molecule has 0 spiro atoms. The summed E-state index contributed by atoms with van der Waals surface area (Å²) in [5.41, 5.74) is 2.30. The smallest absolute Gasteiger partial charge is 0.408 e. The Kier molecular flexibility index (Phi) is 6.36. The van der Waals surface area contributed by atoms with E-state index in [1.54, 1.807) is 20.8 Å². The molecule has 4 rings (SSSR count). The van der Waals surface area contributed by atoms with Gasteiger partial charge in [0.05, 0.1) is 0 Å². The molecule has 1 heterocycles. The van der Waals surface area contributed by atoms with E-state index in [-0.39, 0.29) is 5.91 Å². The summed E-state index contributed by atoms with van der Waals surface area (Å²) in [6, 6.07) is 21.2. The number of alkyl carbamates (subject to hydrolysis) is 1. The maximum absolute atomic E-state index is 13.2. The molecule has 0 aliphatic carbocycles. The zero-order chi connectivity index (χ0) is 23.4. The zero-order valence-corrected chi connectivity index (χ0v) is 19.1. The van der Waals surface area contributed by atoms with Crippen LogP contribution in [0.25, 0.3) is 21.7 Å². The van der Waals surface area contributed by atoms with Gasteiger partial charge in [0, 0.05) is 30.1 Å². The number of carbonyl (C=O) groups is 2. The van der Waals surface area contributed by atoms with Crippen molar-refractivity contribution in [3.05, 3.63) is 84.1 Å². The van der Waals surface area contributed by atoms with Gasteiger partial charge in [0.15, 0.2) is 0 Å². The summed E-state index contributed by atoms with van der Waals surface area (Å²) in [6.45, 7) is 5.74. The van der Waals surface area contributed by atoms with Crippen LogP contribution in [0.2, 0.25) is 0 Å². The molecule has 6 nitrogen and oxygen atoms in total. The minimum atomic E-state index is -0.783. The number of carbonyl (C=O) groups excluding carboxylic acids is 2. The highest BCUT2D eigenvalue weighted by Crippen LogP contribution is 2.20. The minimum Gasteiger partial charge on any atom is -0.444 e. The Balaban J connectivity index is 1.53. The first-order chi connectivity index (χ1) is 15.8. The number of fused-ring (bicyclic) bond motifs is 2. The van der Waals surface area contributed by atoms with Gasteiger partial charge >= 0.3 is 6.09 Å². The maximum Gasteiger partial charge on any atom is 0.408 e. The molecule has 0 radical (unpaired) electrons. The molecule has 2 amide bonds. The highest BCUT2D eigenvalue weighted by molar-refractivity contribution is 5.89. The average molecular weight is 444 g/mol. The molecule has 0 unspecified atom stereocenters. The van der Waals surface area contributed by atoms with Crippen molar-refractivity contribution in [1.29, 1.82) is 0 Å². The van der Waals surface area contributed by atoms with Gasteiger partial charge in [-0.25, -0.2) is 4.79 Å². The molecular weight excluding hydrogens is 414 g/mol. The van der Waals surface area contributed by atoms with Gasteiger partial charge in [0.1, 0.15) is 11.6 Å². The average Bonchev–Trinajstić information content (AvgIpc) is 3.18. The molecule has 0 aliphatic rings. The summed E-state index contributed by atoms with van der Waals surface area (Å²) in [7, 11) is 0. The number of para-hydroxylation sites is 1. The molecule has 1 atom stereocenters. The SMILES string of the molecule is CC(C)(C)OC(=O)N[C@H](Cc1c[nH]c2ccccc12)C(=O)NCc1cccc2ccccc12. The lowest BCUT2D eigenvalue weighted by molar-refractivity contribution is -0.123. The summed E-state index contributed by atoms with van der Waals surface area (Å²) in [4.78, 5) is 28.9. The van der Waals surface area contributed by atoms with Crippen LogP contribution in [0.4, 0.5) is 4.79 Å². The topological polar surface area (TPSA) is 83.2 Å². The highest BCUT2D eigenvalue weighted by atomic mass is 16.6. The van der Waals surface area contributed by atoms with Crippen molar-refractivity contribution in [3.8, 4) is 0 Å². The number of rotatable bonds is 6. The van der Waals surface area contributed by atoms with Crippen LogP contribution in [0.5, 0.6) is 0 Å². The quantitative estimate of drug-likeness (QED) is 0.389. The second kappa shape index (κ2) is 9.36. The van der Waals surface area contributed by atoms with E-state index in [0.717, 1.165) is 32.8 Å². The Morgan fingerprint density at radius 2 is 1.61 bits per heavy atom. The maximum atomic E-state index is 13.2. The van der Waals surface area contributed by atoms with Gasteiger partial charge in [-0.15, -0.1) is 0 Å². The number of hydrogen-bond donors (Lipinski definition) is 3. The van der Waals surface area contributed by atoms with E-state index >= 15 is 0 Å². The van der Waals surface area contributed by atoms with E-state index in [0.29, 0.717) is 13.0 Å². The monoisotopic (exact) mass is 443 g/mol. The normalized spacial score (nSPS) is 12.5. The van der Waals surface area contributed by atoms with Crippen molar-refractivity contribution < 1.29 is 14.3 Å². The summed E-state index contributed by atoms with van der Waals surface area (Å²) >= 11 is 0. The van der Waals surface area contributed by atoms with Crippen molar-refractivity contribution in [2.24, 2.45) is 0 Å². The van der Waals surface area contributed by atoms with Crippen LogP contribution in [0.1, 0.15) is 31.9 Å². The second-order valence-corrected chi connectivity index (χ2v) is 9.12. The summed E-state index contributed by atoms with van der Waals surface area (Å²) in [6.07, 6.45) is 1.60. The van der Waals surface area contributed by atoms with E-state index < -0.39 is 17.7 Å². The Morgan fingerprint density at radius 1 is 0.909 bits per heavy atom. The fraction of sp³-hybridized carbons (Fsp3) is 0.259. The number of aromatic nitrogens is 1. The summed E-state index contributed by atoms with van der Waals surface area (Å²) in [5.74, 6) is -0.265. The molecule has 6 heteroatoms. The molecular formula is C27H29N3O3.